The summed E-state index contributed by atoms with van der Waals surface area (Å²) >= 11 is 5.55. The van der Waals surface area contributed by atoms with Crippen LogP contribution >= 0.6 is 11.6 Å². The number of halogens is 4. The van der Waals surface area contributed by atoms with Crippen LogP contribution in [0.3, 0.4) is 0 Å². The van der Waals surface area contributed by atoms with E-state index < -0.39 is 17.7 Å². The van der Waals surface area contributed by atoms with Gasteiger partial charge in [0.1, 0.15) is 5.78 Å². The third-order valence-electron chi connectivity index (χ3n) is 3.25. The number of alkyl halides is 3. The van der Waals surface area contributed by atoms with Crippen LogP contribution in [-0.4, -0.2) is 5.78 Å². The van der Waals surface area contributed by atoms with E-state index in [2.05, 4.69) is 0 Å². The van der Waals surface area contributed by atoms with E-state index >= 15 is 0 Å². The number of Topliss-reactive ketones (excluding diaryl/α,β-unsaturated/α-hetero) is 1. The van der Waals surface area contributed by atoms with Crippen molar-refractivity contribution in [3.63, 3.8) is 0 Å². The first kappa shape index (κ1) is 13.4. The van der Waals surface area contributed by atoms with Crippen LogP contribution in [0.1, 0.15) is 42.7 Å². The van der Waals surface area contributed by atoms with Crippen molar-refractivity contribution in [3.05, 3.63) is 34.3 Å². The maximum atomic E-state index is 12.7. The molecule has 1 fully saturated rings. The van der Waals surface area contributed by atoms with Gasteiger partial charge in [-0.25, -0.2) is 0 Å². The van der Waals surface area contributed by atoms with Crippen LogP contribution in [0.15, 0.2) is 18.2 Å². The van der Waals surface area contributed by atoms with E-state index in [0.717, 1.165) is 18.9 Å². The zero-order valence-corrected chi connectivity index (χ0v) is 10.3. The predicted molar refractivity (Wildman–Crippen MR) is 62.7 cm³/mol. The first-order chi connectivity index (χ1) is 8.39. The fourth-order valence-corrected chi connectivity index (χ4v) is 2.54. The summed E-state index contributed by atoms with van der Waals surface area (Å²) in [5, 5.41) is -0.325. The number of carbonyl (C=O) groups excluding carboxylic acids is 1. The summed E-state index contributed by atoms with van der Waals surface area (Å²) in [5.41, 5.74) is -0.434. The van der Waals surface area contributed by atoms with E-state index in [1.54, 1.807) is 0 Å². The molecule has 1 nitrogen and oxygen atoms in total. The second kappa shape index (κ2) is 4.92. The monoisotopic (exact) mass is 276 g/mol. The van der Waals surface area contributed by atoms with Crippen molar-refractivity contribution in [2.75, 3.05) is 0 Å². The average Bonchev–Trinajstić information content (AvgIpc) is 2.29. The summed E-state index contributed by atoms with van der Waals surface area (Å²) in [4.78, 5) is 11.7. The van der Waals surface area contributed by atoms with Crippen molar-refractivity contribution in [1.82, 2.24) is 0 Å². The molecule has 0 amide bonds. The van der Waals surface area contributed by atoms with Crippen molar-refractivity contribution in [1.29, 1.82) is 0 Å². The molecule has 0 aromatic heterocycles. The van der Waals surface area contributed by atoms with E-state index in [4.69, 9.17) is 11.6 Å². The van der Waals surface area contributed by atoms with E-state index in [-0.39, 0.29) is 10.8 Å². The lowest BCUT2D eigenvalue weighted by Crippen LogP contribution is -2.18. The SMILES string of the molecule is O=C1CCCCC1c1ccc(Cl)c(C(F)(F)F)c1. The fourth-order valence-electron chi connectivity index (χ4n) is 2.31. The van der Waals surface area contributed by atoms with Crippen LogP contribution in [0.25, 0.3) is 0 Å². The van der Waals surface area contributed by atoms with Gasteiger partial charge in [-0.05, 0) is 30.5 Å². The lowest BCUT2D eigenvalue weighted by atomic mass is 9.82. The summed E-state index contributed by atoms with van der Waals surface area (Å²) in [6.07, 6.45) is -1.70. The van der Waals surface area contributed by atoms with Gasteiger partial charge in [0.25, 0.3) is 0 Å². The summed E-state index contributed by atoms with van der Waals surface area (Å²) in [7, 11) is 0. The maximum Gasteiger partial charge on any atom is 0.417 e. The highest BCUT2D eigenvalue weighted by molar-refractivity contribution is 6.31. The Hall–Kier alpha value is -1.03. The molecule has 1 aromatic rings. The zero-order valence-electron chi connectivity index (χ0n) is 9.56. The van der Waals surface area contributed by atoms with Gasteiger partial charge in [0.05, 0.1) is 10.6 Å². The average molecular weight is 277 g/mol. The molecular formula is C13H12ClF3O. The molecule has 5 heteroatoms. The summed E-state index contributed by atoms with van der Waals surface area (Å²) < 4.78 is 38.2. The highest BCUT2D eigenvalue weighted by Gasteiger charge is 2.34. The second-order valence-corrected chi connectivity index (χ2v) is 4.91. The second-order valence-electron chi connectivity index (χ2n) is 4.50. The van der Waals surface area contributed by atoms with E-state index in [1.165, 1.54) is 12.1 Å². The lowest BCUT2D eigenvalue weighted by Gasteiger charge is -2.22. The first-order valence-corrected chi connectivity index (χ1v) is 6.17. The van der Waals surface area contributed by atoms with Gasteiger partial charge in [0.2, 0.25) is 0 Å². The van der Waals surface area contributed by atoms with Crippen molar-refractivity contribution < 1.29 is 18.0 Å². The minimum atomic E-state index is -4.48. The Kier molecular flexibility index (Phi) is 3.66. The smallest absolute Gasteiger partial charge is 0.299 e. The number of hydrogen-bond acceptors (Lipinski definition) is 1. The van der Waals surface area contributed by atoms with Crippen LogP contribution in [0, 0.1) is 0 Å². The molecule has 0 radical (unpaired) electrons. The van der Waals surface area contributed by atoms with Crippen molar-refractivity contribution in [3.8, 4) is 0 Å². The molecule has 1 aromatic carbocycles. The summed E-state index contributed by atoms with van der Waals surface area (Å²) in [6, 6.07) is 3.75. The Morgan fingerprint density at radius 3 is 2.56 bits per heavy atom. The van der Waals surface area contributed by atoms with Gasteiger partial charge in [-0.1, -0.05) is 24.1 Å². The number of hydrogen-bond donors (Lipinski definition) is 0. The fraction of sp³-hybridized carbons (Fsp3) is 0.462. The molecule has 1 aliphatic rings. The lowest BCUT2D eigenvalue weighted by molar-refractivity contribution is -0.137. The van der Waals surface area contributed by atoms with Crippen LogP contribution in [0.2, 0.25) is 5.02 Å². The molecule has 18 heavy (non-hydrogen) atoms. The number of ketones is 1. The molecule has 0 aliphatic heterocycles. The van der Waals surface area contributed by atoms with Crippen LogP contribution < -0.4 is 0 Å². The molecule has 0 bridgehead atoms. The van der Waals surface area contributed by atoms with E-state index in [0.29, 0.717) is 18.4 Å². The van der Waals surface area contributed by atoms with Gasteiger partial charge in [-0.2, -0.15) is 13.2 Å². The van der Waals surface area contributed by atoms with Gasteiger partial charge in [-0.3, -0.25) is 4.79 Å². The Balaban J connectivity index is 2.37. The number of carbonyl (C=O) groups is 1. The molecule has 1 atom stereocenters. The topological polar surface area (TPSA) is 17.1 Å². The van der Waals surface area contributed by atoms with E-state index in [1.807, 2.05) is 0 Å². The van der Waals surface area contributed by atoms with Gasteiger partial charge < -0.3 is 0 Å². The third-order valence-corrected chi connectivity index (χ3v) is 3.58. The zero-order chi connectivity index (χ0) is 13.3. The minimum Gasteiger partial charge on any atom is -0.299 e. The third kappa shape index (κ3) is 2.69. The molecule has 1 aliphatic carbocycles. The van der Waals surface area contributed by atoms with E-state index in [9.17, 15) is 18.0 Å². The Labute approximate surface area is 108 Å². The summed E-state index contributed by atoms with van der Waals surface area (Å²) in [5.74, 6) is -0.381. The van der Waals surface area contributed by atoms with Crippen LogP contribution in [0.4, 0.5) is 13.2 Å². The number of rotatable bonds is 1. The molecule has 0 spiro atoms. The van der Waals surface area contributed by atoms with Crippen LogP contribution in [0.5, 0.6) is 0 Å². The molecule has 0 saturated heterocycles. The normalized spacial score (nSPS) is 21.1. The quantitative estimate of drug-likeness (QED) is 0.733. The molecule has 1 unspecified atom stereocenters. The van der Waals surface area contributed by atoms with Crippen molar-refractivity contribution in [2.24, 2.45) is 0 Å². The molecule has 0 N–H and O–H groups in total. The van der Waals surface area contributed by atoms with Gasteiger partial charge >= 0.3 is 6.18 Å². The Morgan fingerprint density at radius 2 is 1.94 bits per heavy atom. The Morgan fingerprint density at radius 1 is 1.22 bits per heavy atom. The predicted octanol–water partition coefficient (Wildman–Crippen LogP) is 4.59. The Bertz CT molecular complexity index is 468. The standard InChI is InChI=1S/C13H12ClF3O/c14-11-6-5-8(7-10(11)13(15,16)17)9-3-1-2-4-12(9)18/h5-7,9H,1-4H2. The largest absolute Gasteiger partial charge is 0.417 e. The molecule has 1 saturated carbocycles. The summed E-state index contributed by atoms with van der Waals surface area (Å²) in [6.45, 7) is 0. The molecule has 0 heterocycles. The minimum absolute atomic E-state index is 0.0247. The molecule has 2 rings (SSSR count). The van der Waals surface area contributed by atoms with Gasteiger partial charge in [-0.15, -0.1) is 0 Å². The van der Waals surface area contributed by atoms with Crippen molar-refractivity contribution >= 4 is 17.4 Å². The molecule has 98 valence electrons. The maximum absolute atomic E-state index is 12.7. The highest BCUT2D eigenvalue weighted by Crippen LogP contribution is 2.38. The van der Waals surface area contributed by atoms with Crippen LogP contribution in [-0.2, 0) is 11.0 Å². The van der Waals surface area contributed by atoms with Gasteiger partial charge in [0.15, 0.2) is 0 Å². The first-order valence-electron chi connectivity index (χ1n) is 5.79. The van der Waals surface area contributed by atoms with Gasteiger partial charge in [0, 0.05) is 12.3 Å². The number of benzene rings is 1. The van der Waals surface area contributed by atoms with Crippen molar-refractivity contribution in [2.45, 2.75) is 37.8 Å². The molecular weight excluding hydrogens is 265 g/mol. The highest BCUT2D eigenvalue weighted by atomic mass is 35.5.